The first-order chi connectivity index (χ1) is 8.18. The normalized spacial score (nSPS) is 13.1. The minimum atomic E-state index is -3.83. The molecule has 8 heteroatoms. The van der Waals surface area contributed by atoms with Gasteiger partial charge in [-0.15, -0.1) is 0 Å². The van der Waals surface area contributed by atoms with Crippen LogP contribution in [0.4, 0.5) is 4.39 Å². The van der Waals surface area contributed by atoms with Crippen molar-refractivity contribution in [1.82, 2.24) is 0 Å². The molecule has 1 unspecified atom stereocenters. The summed E-state index contributed by atoms with van der Waals surface area (Å²) in [6, 6.07) is 0.415. The summed E-state index contributed by atoms with van der Waals surface area (Å²) in [4.78, 5) is 10.1. The second-order valence-corrected chi connectivity index (χ2v) is 5.57. The van der Waals surface area contributed by atoms with E-state index in [1.165, 1.54) is 0 Å². The fourth-order valence-electron chi connectivity index (χ4n) is 1.42. The average Bonchev–Trinajstić information content (AvgIpc) is 2.24. The first-order valence-electron chi connectivity index (χ1n) is 4.74. The number of carboxylic acids is 1. The lowest BCUT2D eigenvalue weighted by molar-refractivity contribution is -0.138. The van der Waals surface area contributed by atoms with Crippen LogP contribution in [0.2, 0.25) is 0 Å². The van der Waals surface area contributed by atoms with E-state index in [1.807, 2.05) is 0 Å². The van der Waals surface area contributed by atoms with Gasteiger partial charge >= 0.3 is 5.97 Å². The second kappa shape index (κ2) is 4.91. The third-order valence-corrected chi connectivity index (χ3v) is 3.39. The van der Waals surface area contributed by atoms with E-state index in [4.69, 9.17) is 15.6 Å². The van der Waals surface area contributed by atoms with Crippen molar-refractivity contribution in [2.45, 2.75) is 10.9 Å². The molecule has 0 aliphatic carbocycles. The van der Waals surface area contributed by atoms with Crippen LogP contribution in [0.5, 0.6) is 5.75 Å². The lowest BCUT2D eigenvalue weighted by atomic mass is 10.1. The highest BCUT2D eigenvalue weighted by Gasteiger charge is 2.24. The van der Waals surface area contributed by atoms with Crippen LogP contribution in [0.15, 0.2) is 17.0 Å². The summed E-state index contributed by atoms with van der Waals surface area (Å²) >= 11 is 0. The van der Waals surface area contributed by atoms with Crippen molar-refractivity contribution in [2.75, 3.05) is 13.4 Å². The highest BCUT2D eigenvalue weighted by Crippen LogP contribution is 2.30. The Labute approximate surface area is 103 Å². The fourth-order valence-corrected chi connectivity index (χ4v) is 2.34. The average molecular weight is 277 g/mol. The molecule has 1 aromatic carbocycles. The van der Waals surface area contributed by atoms with Gasteiger partial charge in [0.15, 0.2) is 9.84 Å². The molecule has 0 saturated carbocycles. The number of carboxylic acid groups (broad SMARTS) is 1. The summed E-state index contributed by atoms with van der Waals surface area (Å²) in [5.41, 5.74) is 5.24. The van der Waals surface area contributed by atoms with Gasteiger partial charge in [0, 0.05) is 6.26 Å². The number of sulfone groups is 1. The molecule has 18 heavy (non-hydrogen) atoms. The number of hydrogen-bond acceptors (Lipinski definition) is 5. The van der Waals surface area contributed by atoms with Gasteiger partial charge in [0.1, 0.15) is 22.5 Å². The van der Waals surface area contributed by atoms with Crippen molar-refractivity contribution in [3.05, 3.63) is 23.5 Å². The molecule has 0 fully saturated rings. The van der Waals surface area contributed by atoms with E-state index in [-0.39, 0.29) is 11.3 Å². The zero-order valence-electron chi connectivity index (χ0n) is 9.68. The summed E-state index contributed by atoms with van der Waals surface area (Å²) in [6.07, 6.45) is 0.824. The Balaban J connectivity index is 3.51. The van der Waals surface area contributed by atoms with Crippen LogP contribution in [0.3, 0.4) is 0 Å². The molecule has 0 heterocycles. The van der Waals surface area contributed by atoms with Crippen LogP contribution in [0, 0.1) is 5.82 Å². The van der Waals surface area contributed by atoms with Crippen LogP contribution >= 0.6 is 0 Å². The van der Waals surface area contributed by atoms with E-state index in [1.54, 1.807) is 0 Å². The maximum atomic E-state index is 13.7. The monoisotopic (exact) mass is 277 g/mol. The largest absolute Gasteiger partial charge is 0.495 e. The van der Waals surface area contributed by atoms with Crippen LogP contribution in [-0.2, 0) is 14.6 Å². The second-order valence-electron chi connectivity index (χ2n) is 3.62. The smallest absolute Gasteiger partial charge is 0.325 e. The number of benzene rings is 1. The van der Waals surface area contributed by atoms with Crippen LogP contribution in [0.1, 0.15) is 11.6 Å². The zero-order valence-corrected chi connectivity index (χ0v) is 10.5. The van der Waals surface area contributed by atoms with Gasteiger partial charge in [-0.3, -0.25) is 4.79 Å². The highest BCUT2D eigenvalue weighted by molar-refractivity contribution is 7.90. The molecule has 6 nitrogen and oxygen atoms in total. The lowest BCUT2D eigenvalue weighted by Crippen LogP contribution is -2.21. The summed E-state index contributed by atoms with van der Waals surface area (Å²) in [7, 11) is -2.67. The van der Waals surface area contributed by atoms with Crippen molar-refractivity contribution in [1.29, 1.82) is 0 Å². The quantitative estimate of drug-likeness (QED) is 0.821. The summed E-state index contributed by atoms with van der Waals surface area (Å²) in [5, 5.41) is 8.71. The Kier molecular flexibility index (Phi) is 3.92. The van der Waals surface area contributed by atoms with E-state index in [2.05, 4.69) is 0 Å². The summed E-state index contributed by atoms with van der Waals surface area (Å²) in [6.45, 7) is 0. The van der Waals surface area contributed by atoms with Gasteiger partial charge in [-0.05, 0) is 17.7 Å². The fraction of sp³-hybridized carbons (Fsp3) is 0.300. The van der Waals surface area contributed by atoms with Crippen LogP contribution in [0.25, 0.3) is 0 Å². The number of ether oxygens (including phenoxy) is 1. The molecule has 0 spiro atoms. The van der Waals surface area contributed by atoms with Gasteiger partial charge in [-0.25, -0.2) is 12.8 Å². The number of carbonyl (C=O) groups is 1. The molecule has 100 valence electrons. The van der Waals surface area contributed by atoms with Crippen LogP contribution in [-0.4, -0.2) is 32.9 Å². The molecule has 1 aromatic rings. The number of hydrogen-bond donors (Lipinski definition) is 2. The van der Waals surface area contributed by atoms with Gasteiger partial charge in [0.05, 0.1) is 7.11 Å². The predicted molar refractivity (Wildman–Crippen MR) is 60.6 cm³/mol. The molecule has 0 aliphatic heterocycles. The van der Waals surface area contributed by atoms with E-state index in [0.29, 0.717) is 0 Å². The van der Waals surface area contributed by atoms with Gasteiger partial charge in [-0.2, -0.15) is 0 Å². The summed E-state index contributed by atoms with van der Waals surface area (Å²) < 4.78 is 41.2. The molecule has 1 rings (SSSR count). The third-order valence-electron chi connectivity index (χ3n) is 2.25. The lowest BCUT2D eigenvalue weighted by Gasteiger charge is -2.12. The third kappa shape index (κ3) is 2.77. The molecule has 0 bridgehead atoms. The molecule has 0 aliphatic rings. The molecule has 0 amide bonds. The van der Waals surface area contributed by atoms with Crippen molar-refractivity contribution in [3.8, 4) is 5.75 Å². The summed E-state index contributed by atoms with van der Waals surface area (Å²) in [5.74, 6) is -2.73. The molecule has 3 N–H and O–H groups in total. The van der Waals surface area contributed by atoms with Crippen molar-refractivity contribution in [2.24, 2.45) is 5.73 Å². The Morgan fingerprint density at radius 3 is 2.44 bits per heavy atom. The van der Waals surface area contributed by atoms with E-state index in [0.717, 1.165) is 25.5 Å². The Bertz CT molecular complexity index is 584. The van der Waals surface area contributed by atoms with Crippen molar-refractivity contribution < 1.29 is 27.4 Å². The molecular formula is C10H12FNO5S. The maximum absolute atomic E-state index is 13.7. The van der Waals surface area contributed by atoms with Crippen molar-refractivity contribution >= 4 is 15.8 Å². The van der Waals surface area contributed by atoms with Gasteiger partial charge in [0.2, 0.25) is 0 Å². The minimum absolute atomic E-state index is 0.0794. The topological polar surface area (TPSA) is 107 Å². The molecule has 0 saturated heterocycles. The molecule has 0 aromatic heterocycles. The first-order valence-corrected chi connectivity index (χ1v) is 6.63. The molecular weight excluding hydrogens is 265 g/mol. The van der Waals surface area contributed by atoms with Gasteiger partial charge in [-0.1, -0.05) is 0 Å². The number of nitrogens with two attached hydrogens (primary N) is 1. The highest BCUT2D eigenvalue weighted by atomic mass is 32.2. The standard InChI is InChI=1S/C10H12FNO5S/c1-17-7-4-5(8(12)10(13)14)3-6(11)9(7)18(2,15)16/h3-4,8H,12H2,1-2H3,(H,13,14). The van der Waals surface area contributed by atoms with Gasteiger partial charge < -0.3 is 15.6 Å². The SMILES string of the molecule is COc1cc(C(N)C(=O)O)cc(F)c1S(C)(=O)=O. The number of rotatable bonds is 4. The zero-order chi connectivity index (χ0) is 14.1. The molecule has 1 atom stereocenters. The van der Waals surface area contributed by atoms with Crippen LogP contribution < -0.4 is 10.5 Å². The Hall–Kier alpha value is -1.67. The number of aliphatic carboxylic acids is 1. The van der Waals surface area contributed by atoms with Gasteiger partial charge in [0.25, 0.3) is 0 Å². The van der Waals surface area contributed by atoms with E-state index < -0.39 is 32.6 Å². The first kappa shape index (κ1) is 14.4. The minimum Gasteiger partial charge on any atom is -0.495 e. The molecule has 0 radical (unpaired) electrons. The van der Waals surface area contributed by atoms with E-state index in [9.17, 15) is 17.6 Å². The predicted octanol–water partition coefficient (Wildman–Crippen LogP) is 0.322. The van der Waals surface area contributed by atoms with Crippen molar-refractivity contribution in [3.63, 3.8) is 0 Å². The van der Waals surface area contributed by atoms with E-state index >= 15 is 0 Å². The Morgan fingerprint density at radius 1 is 1.50 bits per heavy atom. The Morgan fingerprint density at radius 2 is 2.06 bits per heavy atom. The maximum Gasteiger partial charge on any atom is 0.325 e. The number of halogens is 1. The number of methoxy groups -OCH3 is 1.